The van der Waals surface area contributed by atoms with Crippen molar-refractivity contribution in [1.29, 1.82) is 0 Å². The molecule has 3 nitrogen and oxygen atoms in total. The number of hydrogen-bond donors (Lipinski definition) is 0. The maximum absolute atomic E-state index is 11.7. The number of esters is 1. The molecule has 0 amide bonds. The van der Waals surface area contributed by atoms with E-state index in [1.807, 2.05) is 19.2 Å². The summed E-state index contributed by atoms with van der Waals surface area (Å²) in [5, 5.41) is 3.19. The van der Waals surface area contributed by atoms with Crippen LogP contribution in [0.3, 0.4) is 0 Å². The Balaban J connectivity index is 2.19. The number of aromatic nitrogens is 1. The van der Waals surface area contributed by atoms with Gasteiger partial charge in [0.1, 0.15) is 5.41 Å². The number of carbonyl (C=O) groups is 1. The van der Waals surface area contributed by atoms with Crippen molar-refractivity contribution >= 4 is 17.3 Å². The fourth-order valence-electron chi connectivity index (χ4n) is 2.29. The standard InChI is InChI=1S/C13H19NO2S/c1-13(2,12(15)16-3)10-8-17-11(14-10)9-6-4-5-7-9/h8-9H,4-7H2,1-3H3. The molecular formula is C13H19NO2S. The minimum atomic E-state index is -0.637. The highest BCUT2D eigenvalue weighted by molar-refractivity contribution is 7.09. The third-order valence-electron chi connectivity index (χ3n) is 3.56. The van der Waals surface area contributed by atoms with Gasteiger partial charge in [-0.25, -0.2) is 4.98 Å². The van der Waals surface area contributed by atoms with Gasteiger partial charge in [0, 0.05) is 11.3 Å². The van der Waals surface area contributed by atoms with Gasteiger partial charge in [0.2, 0.25) is 0 Å². The maximum atomic E-state index is 11.7. The van der Waals surface area contributed by atoms with E-state index >= 15 is 0 Å². The lowest BCUT2D eigenvalue weighted by molar-refractivity contribution is -0.146. The molecule has 0 aromatic carbocycles. The van der Waals surface area contributed by atoms with Gasteiger partial charge in [0.25, 0.3) is 0 Å². The molecule has 4 heteroatoms. The first kappa shape index (κ1) is 12.6. The molecule has 1 aromatic heterocycles. The molecule has 94 valence electrons. The third kappa shape index (κ3) is 2.37. The Labute approximate surface area is 106 Å². The van der Waals surface area contributed by atoms with Crippen LogP contribution in [0, 0.1) is 0 Å². The van der Waals surface area contributed by atoms with E-state index in [-0.39, 0.29) is 5.97 Å². The van der Waals surface area contributed by atoms with Gasteiger partial charge < -0.3 is 4.74 Å². The van der Waals surface area contributed by atoms with Crippen molar-refractivity contribution in [3.8, 4) is 0 Å². The Morgan fingerprint density at radius 2 is 2.12 bits per heavy atom. The molecular weight excluding hydrogens is 234 g/mol. The number of rotatable bonds is 3. The van der Waals surface area contributed by atoms with E-state index in [4.69, 9.17) is 4.74 Å². The van der Waals surface area contributed by atoms with Gasteiger partial charge in [0.05, 0.1) is 17.8 Å². The van der Waals surface area contributed by atoms with Crippen LogP contribution in [0.1, 0.15) is 56.2 Å². The predicted molar refractivity (Wildman–Crippen MR) is 68.4 cm³/mol. The average Bonchev–Trinajstić information content (AvgIpc) is 2.97. The molecule has 1 aliphatic carbocycles. The third-order valence-corrected chi connectivity index (χ3v) is 4.57. The number of ether oxygens (including phenoxy) is 1. The molecule has 2 rings (SSSR count). The van der Waals surface area contributed by atoms with E-state index in [9.17, 15) is 4.79 Å². The van der Waals surface area contributed by atoms with Gasteiger partial charge in [0.15, 0.2) is 0 Å². The van der Waals surface area contributed by atoms with Crippen molar-refractivity contribution in [2.45, 2.75) is 50.9 Å². The Morgan fingerprint density at radius 3 is 2.71 bits per heavy atom. The molecule has 0 saturated heterocycles. The summed E-state index contributed by atoms with van der Waals surface area (Å²) >= 11 is 1.68. The quantitative estimate of drug-likeness (QED) is 0.776. The van der Waals surface area contributed by atoms with E-state index in [1.165, 1.54) is 37.8 Å². The number of hydrogen-bond acceptors (Lipinski definition) is 4. The normalized spacial score (nSPS) is 17.4. The molecule has 17 heavy (non-hydrogen) atoms. The summed E-state index contributed by atoms with van der Waals surface area (Å²) in [5.41, 5.74) is 0.207. The molecule has 0 N–H and O–H groups in total. The first-order valence-electron chi connectivity index (χ1n) is 6.10. The van der Waals surface area contributed by atoms with E-state index < -0.39 is 5.41 Å². The second kappa shape index (κ2) is 4.77. The molecule has 0 unspecified atom stereocenters. The first-order valence-corrected chi connectivity index (χ1v) is 6.98. The monoisotopic (exact) mass is 253 g/mol. The van der Waals surface area contributed by atoms with Crippen LogP contribution in [0.15, 0.2) is 5.38 Å². The molecule has 1 heterocycles. The molecule has 0 bridgehead atoms. The van der Waals surface area contributed by atoms with E-state index in [0.29, 0.717) is 5.92 Å². The van der Waals surface area contributed by atoms with Crippen molar-refractivity contribution in [2.24, 2.45) is 0 Å². The molecule has 1 fully saturated rings. The van der Waals surface area contributed by atoms with Crippen LogP contribution in [0.25, 0.3) is 0 Å². The van der Waals surface area contributed by atoms with Crippen molar-refractivity contribution in [2.75, 3.05) is 7.11 Å². The minimum Gasteiger partial charge on any atom is -0.468 e. The Hall–Kier alpha value is -0.900. The van der Waals surface area contributed by atoms with Crippen LogP contribution in [0.4, 0.5) is 0 Å². The highest BCUT2D eigenvalue weighted by atomic mass is 32.1. The van der Waals surface area contributed by atoms with Gasteiger partial charge in [-0.2, -0.15) is 0 Å². The SMILES string of the molecule is COC(=O)C(C)(C)c1csc(C2CCCC2)n1. The molecule has 0 spiro atoms. The number of methoxy groups -OCH3 is 1. The van der Waals surface area contributed by atoms with Crippen LogP contribution in [-0.2, 0) is 14.9 Å². The molecule has 0 radical (unpaired) electrons. The summed E-state index contributed by atoms with van der Waals surface area (Å²) < 4.78 is 4.83. The lowest BCUT2D eigenvalue weighted by Gasteiger charge is -2.18. The maximum Gasteiger partial charge on any atom is 0.317 e. The van der Waals surface area contributed by atoms with Gasteiger partial charge >= 0.3 is 5.97 Å². The summed E-state index contributed by atoms with van der Waals surface area (Å²) in [6, 6.07) is 0. The fraction of sp³-hybridized carbons (Fsp3) is 0.692. The van der Waals surface area contributed by atoms with Crippen LogP contribution >= 0.6 is 11.3 Å². The zero-order chi connectivity index (χ0) is 12.5. The first-order chi connectivity index (χ1) is 8.05. The molecule has 1 saturated carbocycles. The molecule has 0 aliphatic heterocycles. The zero-order valence-corrected chi connectivity index (χ0v) is 11.5. The summed E-state index contributed by atoms with van der Waals surface area (Å²) in [7, 11) is 1.42. The highest BCUT2D eigenvalue weighted by Crippen LogP contribution is 2.37. The second-order valence-corrected chi connectivity index (χ2v) is 6.06. The molecule has 1 aliphatic rings. The van der Waals surface area contributed by atoms with Crippen LogP contribution in [-0.4, -0.2) is 18.1 Å². The van der Waals surface area contributed by atoms with Crippen molar-refractivity contribution in [1.82, 2.24) is 4.98 Å². The Morgan fingerprint density at radius 1 is 1.47 bits per heavy atom. The Kier molecular flexibility index (Phi) is 3.52. The summed E-state index contributed by atoms with van der Waals surface area (Å²) in [4.78, 5) is 16.4. The van der Waals surface area contributed by atoms with Crippen molar-refractivity contribution < 1.29 is 9.53 Å². The second-order valence-electron chi connectivity index (χ2n) is 5.17. The van der Waals surface area contributed by atoms with Gasteiger partial charge in [-0.05, 0) is 26.7 Å². The smallest absolute Gasteiger partial charge is 0.317 e. The average molecular weight is 253 g/mol. The highest BCUT2D eigenvalue weighted by Gasteiger charge is 2.34. The number of carbonyl (C=O) groups excluding carboxylic acids is 1. The van der Waals surface area contributed by atoms with E-state index in [1.54, 1.807) is 11.3 Å². The van der Waals surface area contributed by atoms with Gasteiger partial charge in [-0.1, -0.05) is 12.8 Å². The topological polar surface area (TPSA) is 39.2 Å². The number of thiazole rings is 1. The van der Waals surface area contributed by atoms with Gasteiger partial charge in [-0.15, -0.1) is 11.3 Å². The predicted octanol–water partition coefficient (Wildman–Crippen LogP) is 3.25. The zero-order valence-electron chi connectivity index (χ0n) is 10.7. The lowest BCUT2D eigenvalue weighted by atomic mass is 9.90. The molecule has 0 atom stereocenters. The summed E-state index contributed by atoms with van der Waals surface area (Å²) in [5.74, 6) is 0.392. The minimum absolute atomic E-state index is 0.222. The largest absolute Gasteiger partial charge is 0.468 e. The van der Waals surface area contributed by atoms with Crippen LogP contribution in [0.2, 0.25) is 0 Å². The van der Waals surface area contributed by atoms with Gasteiger partial charge in [-0.3, -0.25) is 4.79 Å². The van der Waals surface area contributed by atoms with Crippen molar-refractivity contribution in [3.05, 3.63) is 16.1 Å². The Bertz CT molecular complexity index is 405. The lowest BCUT2D eigenvalue weighted by Crippen LogP contribution is -2.30. The van der Waals surface area contributed by atoms with E-state index in [2.05, 4.69) is 4.98 Å². The summed E-state index contributed by atoms with van der Waals surface area (Å²) in [6.07, 6.45) is 5.09. The summed E-state index contributed by atoms with van der Waals surface area (Å²) in [6.45, 7) is 3.73. The van der Waals surface area contributed by atoms with Crippen LogP contribution in [0.5, 0.6) is 0 Å². The fourth-order valence-corrected chi connectivity index (χ4v) is 3.45. The number of nitrogens with zero attached hydrogens (tertiary/aromatic N) is 1. The van der Waals surface area contributed by atoms with Crippen LogP contribution < -0.4 is 0 Å². The van der Waals surface area contributed by atoms with E-state index in [0.717, 1.165) is 5.69 Å². The molecule has 1 aromatic rings. The van der Waals surface area contributed by atoms with Crippen molar-refractivity contribution in [3.63, 3.8) is 0 Å².